The number of aliphatic hydroxyl groups is 1. The van der Waals surface area contributed by atoms with Crippen LogP contribution in [0.4, 0.5) is 10.1 Å². The first-order valence-corrected chi connectivity index (χ1v) is 6.30. The van der Waals surface area contributed by atoms with Crippen molar-refractivity contribution in [1.29, 1.82) is 0 Å². The highest BCUT2D eigenvalue weighted by Crippen LogP contribution is 2.28. The van der Waals surface area contributed by atoms with Gasteiger partial charge < -0.3 is 14.9 Å². The molecule has 5 heteroatoms. The molecular formula is C14H21FN2O2. The molecule has 0 aliphatic heterocycles. The van der Waals surface area contributed by atoms with Gasteiger partial charge in [0.05, 0.1) is 12.6 Å². The van der Waals surface area contributed by atoms with Gasteiger partial charge in [-0.05, 0) is 26.0 Å². The van der Waals surface area contributed by atoms with Crippen LogP contribution in [-0.2, 0) is 4.79 Å². The molecule has 0 bridgehead atoms. The van der Waals surface area contributed by atoms with Crippen LogP contribution in [0.2, 0.25) is 0 Å². The van der Waals surface area contributed by atoms with Gasteiger partial charge in [-0.2, -0.15) is 0 Å². The lowest BCUT2D eigenvalue weighted by atomic mass is 10.1. The topological polar surface area (TPSA) is 43.8 Å². The maximum Gasteiger partial charge on any atom is 0.241 e. The zero-order chi connectivity index (χ0) is 14.6. The average Bonchev–Trinajstić information content (AvgIpc) is 2.34. The molecule has 0 heterocycles. The third kappa shape index (κ3) is 3.67. The van der Waals surface area contributed by atoms with Crippen LogP contribution in [-0.4, -0.2) is 43.1 Å². The summed E-state index contributed by atoms with van der Waals surface area (Å²) in [6, 6.07) is 4.62. The van der Waals surface area contributed by atoms with Gasteiger partial charge in [-0.15, -0.1) is 0 Å². The molecule has 0 aromatic heterocycles. The summed E-state index contributed by atoms with van der Waals surface area (Å²) in [6.45, 7) is 4.12. The first-order valence-electron chi connectivity index (χ1n) is 6.30. The Hall–Kier alpha value is -1.62. The number of benzene rings is 1. The summed E-state index contributed by atoms with van der Waals surface area (Å²) in [4.78, 5) is 15.0. The minimum Gasteiger partial charge on any atom is -0.389 e. The van der Waals surface area contributed by atoms with E-state index in [1.54, 1.807) is 31.1 Å². The van der Waals surface area contributed by atoms with Crippen molar-refractivity contribution in [1.82, 2.24) is 4.90 Å². The van der Waals surface area contributed by atoms with E-state index in [1.165, 1.54) is 17.9 Å². The van der Waals surface area contributed by atoms with Gasteiger partial charge in [0.15, 0.2) is 0 Å². The number of halogens is 1. The van der Waals surface area contributed by atoms with E-state index in [0.29, 0.717) is 12.2 Å². The molecule has 19 heavy (non-hydrogen) atoms. The zero-order valence-electron chi connectivity index (χ0n) is 11.9. The van der Waals surface area contributed by atoms with Crippen molar-refractivity contribution in [3.05, 3.63) is 29.6 Å². The van der Waals surface area contributed by atoms with E-state index in [2.05, 4.69) is 0 Å². The van der Waals surface area contributed by atoms with Crippen molar-refractivity contribution >= 4 is 11.6 Å². The normalized spacial score (nSPS) is 12.1. The molecule has 1 amide bonds. The minimum absolute atomic E-state index is 0.0670. The third-order valence-electron chi connectivity index (χ3n) is 3.00. The van der Waals surface area contributed by atoms with E-state index in [1.807, 2.05) is 6.92 Å². The van der Waals surface area contributed by atoms with Crippen LogP contribution in [0.5, 0.6) is 0 Å². The number of nitrogens with zero attached hydrogens (tertiary/aromatic N) is 2. The summed E-state index contributed by atoms with van der Waals surface area (Å²) < 4.78 is 13.8. The number of carbonyl (C=O) groups is 1. The molecule has 1 atom stereocenters. The largest absolute Gasteiger partial charge is 0.389 e. The Balaban J connectivity index is 3.11. The van der Waals surface area contributed by atoms with Crippen LogP contribution >= 0.6 is 0 Å². The average molecular weight is 268 g/mol. The van der Waals surface area contributed by atoms with Gasteiger partial charge in [-0.25, -0.2) is 4.39 Å². The fourth-order valence-corrected chi connectivity index (χ4v) is 1.89. The molecule has 106 valence electrons. The molecule has 1 aromatic rings. The van der Waals surface area contributed by atoms with Gasteiger partial charge in [-0.1, -0.05) is 6.07 Å². The second kappa shape index (κ2) is 6.52. The van der Waals surface area contributed by atoms with E-state index in [9.17, 15) is 14.3 Å². The maximum atomic E-state index is 13.8. The summed E-state index contributed by atoms with van der Waals surface area (Å²) in [5.74, 6) is -0.522. The maximum absolute atomic E-state index is 13.8. The van der Waals surface area contributed by atoms with Crippen molar-refractivity contribution in [2.24, 2.45) is 0 Å². The van der Waals surface area contributed by atoms with Gasteiger partial charge in [0.1, 0.15) is 5.82 Å². The lowest BCUT2D eigenvalue weighted by Gasteiger charge is -2.27. The molecular weight excluding hydrogens is 247 g/mol. The number of hydrogen-bond donors (Lipinski definition) is 1. The summed E-state index contributed by atoms with van der Waals surface area (Å²) in [5.41, 5.74) is 0.795. The van der Waals surface area contributed by atoms with Crippen molar-refractivity contribution < 1.29 is 14.3 Å². The molecule has 0 spiro atoms. The van der Waals surface area contributed by atoms with E-state index < -0.39 is 11.9 Å². The molecule has 1 unspecified atom stereocenters. The predicted molar refractivity (Wildman–Crippen MR) is 73.6 cm³/mol. The Morgan fingerprint density at radius 1 is 1.42 bits per heavy atom. The quantitative estimate of drug-likeness (QED) is 0.885. The van der Waals surface area contributed by atoms with Gasteiger partial charge in [0.2, 0.25) is 5.91 Å². The van der Waals surface area contributed by atoms with Crippen LogP contribution in [0, 0.1) is 5.82 Å². The van der Waals surface area contributed by atoms with Crippen molar-refractivity contribution in [3.63, 3.8) is 0 Å². The standard InChI is InChI=1S/C14H21FN2O2/c1-5-17(9-13(19)16(3)4)12-8-6-7-11(15)14(12)10(2)18/h6-8,10,18H,5,9H2,1-4H3. The zero-order valence-corrected chi connectivity index (χ0v) is 11.9. The molecule has 4 nitrogen and oxygen atoms in total. The summed E-state index contributed by atoms with van der Waals surface area (Å²) in [5, 5.41) is 9.71. The van der Waals surface area contributed by atoms with Crippen LogP contribution in [0.25, 0.3) is 0 Å². The van der Waals surface area contributed by atoms with Gasteiger partial charge in [0, 0.05) is 31.9 Å². The van der Waals surface area contributed by atoms with Crippen LogP contribution in [0.3, 0.4) is 0 Å². The van der Waals surface area contributed by atoms with Crippen molar-refractivity contribution in [2.45, 2.75) is 20.0 Å². The Morgan fingerprint density at radius 3 is 2.53 bits per heavy atom. The molecule has 1 rings (SSSR count). The molecule has 0 aliphatic rings. The van der Waals surface area contributed by atoms with Crippen LogP contribution in [0.1, 0.15) is 25.5 Å². The highest BCUT2D eigenvalue weighted by atomic mass is 19.1. The minimum atomic E-state index is -0.917. The van der Waals surface area contributed by atoms with Crippen molar-refractivity contribution in [2.75, 3.05) is 32.1 Å². The highest BCUT2D eigenvalue weighted by Gasteiger charge is 2.19. The van der Waals surface area contributed by atoms with Crippen molar-refractivity contribution in [3.8, 4) is 0 Å². The molecule has 1 aromatic carbocycles. The lowest BCUT2D eigenvalue weighted by molar-refractivity contribution is -0.127. The van der Waals surface area contributed by atoms with E-state index in [-0.39, 0.29) is 18.0 Å². The number of anilines is 1. The number of amides is 1. The molecule has 0 radical (unpaired) electrons. The Bertz CT molecular complexity index is 447. The summed E-state index contributed by atoms with van der Waals surface area (Å²) in [6.07, 6.45) is -0.917. The van der Waals surface area contributed by atoms with E-state index in [0.717, 1.165) is 0 Å². The van der Waals surface area contributed by atoms with Gasteiger partial charge in [0.25, 0.3) is 0 Å². The second-order valence-corrected chi connectivity index (χ2v) is 4.65. The lowest BCUT2D eigenvalue weighted by Crippen LogP contribution is -2.37. The van der Waals surface area contributed by atoms with Gasteiger partial charge in [-0.3, -0.25) is 4.79 Å². The first kappa shape index (κ1) is 15.4. The number of aliphatic hydroxyl groups excluding tert-OH is 1. The molecule has 0 saturated heterocycles. The fraction of sp³-hybridized carbons (Fsp3) is 0.500. The third-order valence-corrected chi connectivity index (χ3v) is 3.00. The molecule has 0 saturated carbocycles. The first-order chi connectivity index (χ1) is 8.88. The number of likely N-dealkylation sites (N-methyl/N-ethyl adjacent to an activating group) is 2. The van der Waals surface area contributed by atoms with E-state index in [4.69, 9.17) is 0 Å². The summed E-state index contributed by atoms with van der Waals surface area (Å²) in [7, 11) is 3.36. The fourth-order valence-electron chi connectivity index (χ4n) is 1.89. The number of carbonyl (C=O) groups excluding carboxylic acids is 1. The molecule has 0 aliphatic carbocycles. The highest BCUT2D eigenvalue weighted by molar-refractivity contribution is 5.81. The monoisotopic (exact) mass is 268 g/mol. The van der Waals surface area contributed by atoms with Crippen LogP contribution in [0.15, 0.2) is 18.2 Å². The Kier molecular flexibility index (Phi) is 5.30. The summed E-state index contributed by atoms with van der Waals surface area (Å²) >= 11 is 0. The Labute approximate surface area is 113 Å². The Morgan fingerprint density at radius 2 is 2.05 bits per heavy atom. The molecule has 0 fully saturated rings. The molecule has 1 N–H and O–H groups in total. The number of rotatable bonds is 5. The second-order valence-electron chi connectivity index (χ2n) is 4.65. The number of hydrogen-bond acceptors (Lipinski definition) is 3. The van der Waals surface area contributed by atoms with E-state index >= 15 is 0 Å². The predicted octanol–water partition coefficient (Wildman–Crippen LogP) is 1.79. The van der Waals surface area contributed by atoms with Crippen LogP contribution < -0.4 is 4.90 Å². The van der Waals surface area contributed by atoms with Gasteiger partial charge >= 0.3 is 0 Å². The SMILES string of the molecule is CCN(CC(=O)N(C)C)c1cccc(F)c1C(C)O. The smallest absolute Gasteiger partial charge is 0.241 e.